The van der Waals surface area contributed by atoms with Gasteiger partial charge in [0.1, 0.15) is 12.3 Å². The Bertz CT molecular complexity index is 945. The maximum atomic E-state index is 13.3. The number of fused-ring (bicyclic) bond motifs is 1. The molecule has 29 heavy (non-hydrogen) atoms. The van der Waals surface area contributed by atoms with E-state index < -0.39 is 30.6 Å². The monoisotopic (exact) mass is 394 g/mol. The largest absolute Gasteiger partial charge is 0.394 e. The van der Waals surface area contributed by atoms with Crippen molar-refractivity contribution in [3.05, 3.63) is 65.7 Å². The van der Waals surface area contributed by atoms with Crippen LogP contribution in [-0.2, 0) is 14.4 Å². The van der Waals surface area contributed by atoms with Crippen molar-refractivity contribution in [1.82, 2.24) is 4.90 Å². The van der Waals surface area contributed by atoms with E-state index in [2.05, 4.69) is 4.99 Å². The van der Waals surface area contributed by atoms with Crippen LogP contribution >= 0.6 is 0 Å². The number of benzodiazepines with no additional fused rings is 1. The molecule has 150 valence electrons. The summed E-state index contributed by atoms with van der Waals surface area (Å²) in [5, 5.41) is 9.23. The topological polar surface area (TPSA) is 116 Å². The molecule has 2 aromatic carbocycles. The van der Waals surface area contributed by atoms with E-state index in [1.54, 1.807) is 12.1 Å². The molecule has 1 aliphatic heterocycles. The number of amides is 2. The van der Waals surface area contributed by atoms with Crippen LogP contribution in [-0.4, -0.2) is 66.2 Å². The molecule has 2 amide bonds. The van der Waals surface area contributed by atoms with Crippen LogP contribution in [0.25, 0.3) is 0 Å². The van der Waals surface area contributed by atoms with Crippen molar-refractivity contribution in [2.75, 3.05) is 25.1 Å². The van der Waals surface area contributed by atoms with E-state index in [-0.39, 0.29) is 6.54 Å². The van der Waals surface area contributed by atoms with E-state index in [1.165, 1.54) is 11.9 Å². The van der Waals surface area contributed by atoms with Gasteiger partial charge in [0.2, 0.25) is 12.1 Å². The molecule has 0 aliphatic carbocycles. The number of para-hydroxylation sites is 1. The van der Waals surface area contributed by atoms with Gasteiger partial charge < -0.3 is 25.4 Å². The van der Waals surface area contributed by atoms with Gasteiger partial charge in [-0.2, -0.15) is 0 Å². The van der Waals surface area contributed by atoms with Crippen molar-refractivity contribution in [3.8, 4) is 0 Å². The van der Waals surface area contributed by atoms with Gasteiger partial charge in [0, 0.05) is 18.2 Å². The first-order valence-electron chi connectivity index (χ1n) is 9.10. The number of nitrogens with zero attached hydrogens (tertiary/aromatic N) is 3. The van der Waals surface area contributed by atoms with Gasteiger partial charge >= 0.3 is 0 Å². The third-order valence-corrected chi connectivity index (χ3v) is 4.72. The molecule has 8 heteroatoms. The van der Waals surface area contributed by atoms with Gasteiger partial charge in [-0.1, -0.05) is 48.5 Å². The zero-order chi connectivity index (χ0) is 21.0. The number of hydrogen-bond acceptors (Lipinski definition) is 6. The van der Waals surface area contributed by atoms with E-state index in [1.807, 2.05) is 42.5 Å². The van der Waals surface area contributed by atoms with Crippen LogP contribution in [0.15, 0.2) is 59.6 Å². The summed E-state index contributed by atoms with van der Waals surface area (Å²) in [4.78, 5) is 44.2. The Hall–Kier alpha value is -3.36. The number of aliphatic hydroxyl groups is 1. The third-order valence-electron chi connectivity index (χ3n) is 4.72. The minimum atomic E-state index is -1.23. The summed E-state index contributed by atoms with van der Waals surface area (Å²) in [5.74, 6) is -1.16. The van der Waals surface area contributed by atoms with Gasteiger partial charge in [-0.05, 0) is 6.07 Å². The Morgan fingerprint density at radius 3 is 2.55 bits per heavy atom. The van der Waals surface area contributed by atoms with Crippen LogP contribution in [0.1, 0.15) is 11.1 Å². The average molecular weight is 394 g/mol. The fourth-order valence-electron chi connectivity index (χ4n) is 3.22. The van der Waals surface area contributed by atoms with Gasteiger partial charge in [0.05, 0.1) is 24.6 Å². The lowest BCUT2D eigenvalue weighted by atomic mass is 10.0. The molecule has 2 unspecified atom stereocenters. The third kappa shape index (κ3) is 3.94. The first-order valence-corrected chi connectivity index (χ1v) is 9.10. The fourth-order valence-corrected chi connectivity index (χ4v) is 3.22. The average Bonchev–Trinajstić information content (AvgIpc) is 2.88. The van der Waals surface area contributed by atoms with Crippen LogP contribution in [0.2, 0.25) is 0 Å². The maximum absolute atomic E-state index is 13.3. The Labute approximate surface area is 168 Å². The first kappa shape index (κ1) is 20.4. The normalized spacial score (nSPS) is 17.1. The number of aliphatic imine (C=N–C) groups is 1. The van der Waals surface area contributed by atoms with Gasteiger partial charge in [-0.25, -0.2) is 4.99 Å². The first-order chi connectivity index (χ1) is 14.0. The van der Waals surface area contributed by atoms with Crippen LogP contribution in [0.3, 0.4) is 0 Å². The zero-order valence-corrected chi connectivity index (χ0v) is 15.9. The highest BCUT2D eigenvalue weighted by Crippen LogP contribution is 2.29. The summed E-state index contributed by atoms with van der Waals surface area (Å²) in [5.41, 5.74) is 8.14. The van der Waals surface area contributed by atoms with E-state index in [0.717, 1.165) is 10.5 Å². The van der Waals surface area contributed by atoms with E-state index in [9.17, 15) is 19.5 Å². The van der Waals surface area contributed by atoms with Gasteiger partial charge in [-0.15, -0.1) is 0 Å². The smallest absolute Gasteiger partial charge is 0.272 e. The molecule has 0 saturated heterocycles. The molecule has 0 aromatic heterocycles. The fraction of sp³-hybridized carbons (Fsp3) is 0.238. The van der Waals surface area contributed by atoms with Crippen LogP contribution < -0.4 is 10.6 Å². The second-order valence-corrected chi connectivity index (χ2v) is 6.59. The van der Waals surface area contributed by atoms with Crippen molar-refractivity contribution in [2.45, 2.75) is 12.2 Å². The number of carbonyl (C=O) groups is 3. The number of benzene rings is 2. The van der Waals surface area contributed by atoms with Crippen molar-refractivity contribution in [2.24, 2.45) is 10.7 Å². The van der Waals surface area contributed by atoms with Crippen LogP contribution in [0.4, 0.5) is 5.69 Å². The van der Waals surface area contributed by atoms with Gasteiger partial charge in [-0.3, -0.25) is 9.59 Å². The Morgan fingerprint density at radius 2 is 1.90 bits per heavy atom. The van der Waals surface area contributed by atoms with E-state index in [0.29, 0.717) is 23.2 Å². The molecule has 3 rings (SSSR count). The molecule has 8 nitrogen and oxygen atoms in total. The molecule has 1 heterocycles. The van der Waals surface area contributed by atoms with E-state index in [4.69, 9.17) is 5.73 Å². The summed E-state index contributed by atoms with van der Waals surface area (Å²) in [6, 6.07) is 15.2. The summed E-state index contributed by atoms with van der Waals surface area (Å²) in [7, 11) is 1.40. The number of anilines is 1. The molecule has 1 aliphatic rings. The van der Waals surface area contributed by atoms with Crippen LogP contribution in [0, 0.1) is 0 Å². The number of aliphatic hydroxyl groups excluding tert-OH is 1. The molecule has 2 aromatic rings. The lowest BCUT2D eigenvalue weighted by Crippen LogP contribution is -2.53. The van der Waals surface area contributed by atoms with Crippen molar-refractivity contribution >= 4 is 29.5 Å². The molecular weight excluding hydrogens is 372 g/mol. The van der Waals surface area contributed by atoms with Gasteiger partial charge in [0.25, 0.3) is 5.91 Å². The molecule has 0 saturated carbocycles. The maximum Gasteiger partial charge on any atom is 0.272 e. The Kier molecular flexibility index (Phi) is 6.16. The van der Waals surface area contributed by atoms with E-state index >= 15 is 0 Å². The second-order valence-electron chi connectivity index (χ2n) is 6.59. The summed E-state index contributed by atoms with van der Waals surface area (Å²) >= 11 is 0. The highest BCUT2D eigenvalue weighted by Gasteiger charge is 2.36. The molecule has 0 spiro atoms. The molecule has 3 N–H and O–H groups in total. The molecule has 0 fully saturated rings. The molecular formula is C21H22N4O4. The number of aldehydes is 1. The molecule has 0 bridgehead atoms. The summed E-state index contributed by atoms with van der Waals surface area (Å²) in [6.07, 6.45) is -0.608. The molecule has 2 atom stereocenters. The minimum absolute atomic E-state index is 0.183. The van der Waals surface area contributed by atoms with Crippen molar-refractivity contribution in [1.29, 1.82) is 0 Å². The standard InChI is InChI=1S/C21H22N4O4/c1-24(20(28)16(22)13-27)19-21(29)25(11-12-26)17-10-6-5-9-15(17)18(23-19)14-7-3-2-4-8-14/h2-10,12,16,19,27H,11,13,22H2,1H3. The number of likely N-dealkylation sites (N-methyl/N-ethyl adjacent to an activating group) is 1. The summed E-state index contributed by atoms with van der Waals surface area (Å²) < 4.78 is 0. The van der Waals surface area contributed by atoms with Gasteiger partial charge in [0.15, 0.2) is 0 Å². The Morgan fingerprint density at radius 1 is 1.24 bits per heavy atom. The highest BCUT2D eigenvalue weighted by atomic mass is 16.3. The second kappa shape index (κ2) is 8.76. The number of carbonyl (C=O) groups excluding carboxylic acids is 3. The summed E-state index contributed by atoms with van der Waals surface area (Å²) in [6.45, 7) is -0.740. The van der Waals surface area contributed by atoms with Crippen molar-refractivity contribution < 1.29 is 19.5 Å². The lowest BCUT2D eigenvalue weighted by Gasteiger charge is -2.29. The molecule has 0 radical (unpaired) electrons. The predicted molar refractivity (Wildman–Crippen MR) is 109 cm³/mol. The van der Waals surface area contributed by atoms with Crippen LogP contribution in [0.5, 0.6) is 0 Å². The predicted octanol–water partition coefficient (Wildman–Crippen LogP) is 0.174. The highest BCUT2D eigenvalue weighted by molar-refractivity contribution is 6.20. The number of rotatable bonds is 6. The minimum Gasteiger partial charge on any atom is -0.394 e. The number of nitrogens with two attached hydrogens (primary N) is 1. The van der Waals surface area contributed by atoms with Crippen molar-refractivity contribution in [3.63, 3.8) is 0 Å². The quantitative estimate of drug-likeness (QED) is 0.678. The lowest BCUT2D eigenvalue weighted by molar-refractivity contribution is -0.139. The zero-order valence-electron chi connectivity index (χ0n) is 15.9. The Balaban J connectivity index is 2.20. The number of hydrogen-bond donors (Lipinski definition) is 2. The SMILES string of the molecule is CN(C(=O)C(N)CO)C1N=C(c2ccccc2)c2ccccc2N(CC=O)C1=O.